The van der Waals surface area contributed by atoms with Crippen LogP contribution in [0.25, 0.3) is 11.6 Å². The van der Waals surface area contributed by atoms with Crippen molar-refractivity contribution in [1.82, 2.24) is 14.9 Å². The number of Topliss-reactive ketones (excluding diaryl/α,β-unsaturated/α-hetero) is 1. The molecule has 130 valence electrons. The number of furan rings is 1. The van der Waals surface area contributed by atoms with Gasteiger partial charge in [-0.05, 0) is 44.2 Å². The minimum Gasteiger partial charge on any atom is -0.494 e. The second-order valence-corrected chi connectivity index (χ2v) is 6.20. The number of rotatable bonds is 7. The number of carbonyl (C=O) groups excluding carboxylic acids is 1. The van der Waals surface area contributed by atoms with Crippen LogP contribution in [0.4, 0.5) is 0 Å². The molecule has 0 atom stereocenters. The van der Waals surface area contributed by atoms with Gasteiger partial charge >= 0.3 is 0 Å². The average Bonchev–Trinajstić information content (AvgIpc) is 3.24. The number of hydrogen-bond acceptors (Lipinski definition) is 7. The molecule has 1 aromatic carbocycles. The molecular weight excluding hydrogens is 340 g/mol. The molecule has 0 saturated heterocycles. The number of carbonyl (C=O) groups is 1. The van der Waals surface area contributed by atoms with Crippen LogP contribution >= 0.6 is 11.8 Å². The molecule has 7 nitrogen and oxygen atoms in total. The van der Waals surface area contributed by atoms with Crippen LogP contribution in [0.5, 0.6) is 5.75 Å². The molecule has 8 heteroatoms. The number of thioether (sulfide) groups is 1. The Hall–Kier alpha value is -2.74. The molecule has 2 heterocycles. The van der Waals surface area contributed by atoms with Gasteiger partial charge in [-0.2, -0.15) is 0 Å². The first-order chi connectivity index (χ1) is 12.1. The first-order valence-corrected chi connectivity index (χ1v) is 8.72. The van der Waals surface area contributed by atoms with E-state index in [0.29, 0.717) is 34.7 Å². The van der Waals surface area contributed by atoms with Crippen molar-refractivity contribution in [3.05, 3.63) is 47.7 Å². The molecule has 2 aromatic heterocycles. The van der Waals surface area contributed by atoms with Crippen LogP contribution in [-0.4, -0.2) is 27.3 Å². The Morgan fingerprint density at radius 1 is 1.36 bits per heavy atom. The van der Waals surface area contributed by atoms with Gasteiger partial charge in [-0.25, -0.2) is 4.68 Å². The van der Waals surface area contributed by atoms with Gasteiger partial charge in [0.2, 0.25) is 11.0 Å². The molecule has 0 amide bonds. The molecule has 0 bridgehead atoms. The second kappa shape index (κ2) is 7.43. The van der Waals surface area contributed by atoms with E-state index < -0.39 is 0 Å². The topological polar surface area (TPSA) is 96.2 Å². The predicted molar refractivity (Wildman–Crippen MR) is 95.1 cm³/mol. The highest BCUT2D eigenvalue weighted by atomic mass is 32.2. The molecule has 0 aliphatic heterocycles. The molecule has 2 N–H and O–H groups in total. The van der Waals surface area contributed by atoms with Gasteiger partial charge in [-0.15, -0.1) is 10.2 Å². The van der Waals surface area contributed by atoms with Gasteiger partial charge in [-0.3, -0.25) is 4.79 Å². The monoisotopic (exact) mass is 358 g/mol. The zero-order valence-corrected chi connectivity index (χ0v) is 14.7. The number of ketones is 1. The minimum absolute atomic E-state index is 0.0106. The van der Waals surface area contributed by atoms with E-state index in [1.807, 2.05) is 19.1 Å². The van der Waals surface area contributed by atoms with Gasteiger partial charge in [0, 0.05) is 16.9 Å². The highest BCUT2D eigenvalue weighted by molar-refractivity contribution is 7.98. The number of ether oxygens (including phenoxy) is 1. The fraction of sp³-hybridized carbons (Fsp3) is 0.235. The molecule has 0 spiro atoms. The number of hydrogen-bond donors (Lipinski definition) is 1. The van der Waals surface area contributed by atoms with Crippen LogP contribution in [0, 0.1) is 0 Å². The molecular formula is C17H18N4O3S. The molecule has 3 rings (SSSR count). The van der Waals surface area contributed by atoms with Crippen LogP contribution in [0.1, 0.15) is 29.8 Å². The summed E-state index contributed by atoms with van der Waals surface area (Å²) in [7, 11) is 0. The molecule has 0 radical (unpaired) electrons. The average molecular weight is 358 g/mol. The van der Waals surface area contributed by atoms with E-state index in [4.69, 9.17) is 15.0 Å². The summed E-state index contributed by atoms with van der Waals surface area (Å²) >= 11 is 1.41. The van der Waals surface area contributed by atoms with Crippen LogP contribution in [-0.2, 0) is 5.75 Å². The quantitative estimate of drug-likeness (QED) is 0.394. The van der Waals surface area contributed by atoms with Crippen molar-refractivity contribution in [3.63, 3.8) is 0 Å². The lowest BCUT2D eigenvalue weighted by molar-refractivity contribution is 0.101. The first-order valence-electron chi connectivity index (χ1n) is 7.74. The molecule has 0 unspecified atom stereocenters. The lowest BCUT2D eigenvalue weighted by atomic mass is 10.1. The van der Waals surface area contributed by atoms with Crippen LogP contribution in [0.2, 0.25) is 0 Å². The van der Waals surface area contributed by atoms with Crippen LogP contribution < -0.4 is 10.6 Å². The summed E-state index contributed by atoms with van der Waals surface area (Å²) in [5.41, 5.74) is 1.55. The standard InChI is InChI=1S/C17H18N4O3S/c1-3-23-14-7-6-12(11(2)22)9-13(14)10-25-17-20-19-16(21(17)18)15-5-4-8-24-15/h4-9H,3,10,18H2,1-2H3. The minimum atomic E-state index is 0.0106. The number of nitrogen functional groups attached to an aromatic ring is 1. The van der Waals surface area contributed by atoms with Gasteiger partial charge in [0.25, 0.3) is 0 Å². The fourth-order valence-corrected chi connectivity index (χ4v) is 3.13. The number of benzene rings is 1. The Morgan fingerprint density at radius 3 is 2.88 bits per heavy atom. The van der Waals surface area contributed by atoms with E-state index in [2.05, 4.69) is 10.2 Å². The highest BCUT2D eigenvalue weighted by Gasteiger charge is 2.15. The third-order valence-electron chi connectivity index (χ3n) is 3.53. The Morgan fingerprint density at radius 2 is 2.20 bits per heavy atom. The summed E-state index contributed by atoms with van der Waals surface area (Å²) < 4.78 is 12.3. The summed E-state index contributed by atoms with van der Waals surface area (Å²) in [6.45, 7) is 4.01. The highest BCUT2D eigenvalue weighted by Crippen LogP contribution is 2.29. The lowest BCUT2D eigenvalue weighted by Crippen LogP contribution is -2.11. The maximum Gasteiger partial charge on any atom is 0.218 e. The smallest absolute Gasteiger partial charge is 0.218 e. The van der Waals surface area contributed by atoms with Gasteiger partial charge in [0.1, 0.15) is 5.75 Å². The summed E-state index contributed by atoms with van der Waals surface area (Å²) in [5, 5.41) is 8.71. The third kappa shape index (κ3) is 3.69. The van der Waals surface area contributed by atoms with E-state index in [1.54, 1.807) is 31.4 Å². The second-order valence-electron chi connectivity index (χ2n) is 5.25. The molecule has 0 aliphatic rings. The molecule has 0 saturated carbocycles. The molecule has 0 aliphatic carbocycles. The molecule has 25 heavy (non-hydrogen) atoms. The third-order valence-corrected chi connectivity index (χ3v) is 4.52. The molecule has 3 aromatic rings. The van der Waals surface area contributed by atoms with Crippen molar-refractivity contribution in [3.8, 4) is 17.3 Å². The summed E-state index contributed by atoms with van der Waals surface area (Å²) in [6, 6.07) is 8.95. The number of nitrogens with two attached hydrogens (primary N) is 1. The van der Waals surface area contributed by atoms with Crippen LogP contribution in [0.3, 0.4) is 0 Å². The van der Waals surface area contributed by atoms with Gasteiger partial charge in [0.05, 0.1) is 12.9 Å². The summed E-state index contributed by atoms with van der Waals surface area (Å²) in [6.07, 6.45) is 1.55. The van der Waals surface area contributed by atoms with Crippen molar-refractivity contribution in [2.24, 2.45) is 0 Å². The van der Waals surface area contributed by atoms with Crippen molar-refractivity contribution >= 4 is 17.5 Å². The van der Waals surface area contributed by atoms with Gasteiger partial charge in [0.15, 0.2) is 11.5 Å². The lowest BCUT2D eigenvalue weighted by Gasteiger charge is -2.11. The Balaban J connectivity index is 1.81. The molecule has 0 fully saturated rings. The van der Waals surface area contributed by atoms with Gasteiger partial charge < -0.3 is 15.0 Å². The number of nitrogens with zero attached hydrogens (tertiary/aromatic N) is 3. The summed E-state index contributed by atoms with van der Waals surface area (Å²) in [5.74, 6) is 8.36. The van der Waals surface area contributed by atoms with E-state index in [0.717, 1.165) is 11.3 Å². The Labute approximate surface area is 149 Å². The Kier molecular flexibility index (Phi) is 5.08. The largest absolute Gasteiger partial charge is 0.494 e. The van der Waals surface area contributed by atoms with E-state index in [9.17, 15) is 4.79 Å². The van der Waals surface area contributed by atoms with E-state index in [-0.39, 0.29) is 5.78 Å². The van der Waals surface area contributed by atoms with Crippen molar-refractivity contribution < 1.29 is 13.9 Å². The van der Waals surface area contributed by atoms with Crippen molar-refractivity contribution in [2.45, 2.75) is 24.8 Å². The first kappa shape index (κ1) is 17.1. The maximum atomic E-state index is 11.6. The van der Waals surface area contributed by atoms with Crippen LogP contribution in [0.15, 0.2) is 46.2 Å². The zero-order chi connectivity index (χ0) is 17.8. The zero-order valence-electron chi connectivity index (χ0n) is 13.9. The summed E-state index contributed by atoms with van der Waals surface area (Å²) in [4.78, 5) is 11.6. The normalized spacial score (nSPS) is 10.8. The predicted octanol–water partition coefficient (Wildman–Crippen LogP) is 3.15. The Bertz CT molecular complexity index is 874. The SMILES string of the molecule is CCOc1ccc(C(C)=O)cc1CSc1nnc(-c2ccco2)n1N. The van der Waals surface area contributed by atoms with E-state index >= 15 is 0 Å². The van der Waals surface area contributed by atoms with Gasteiger partial charge in [-0.1, -0.05) is 11.8 Å². The number of aromatic nitrogens is 3. The fourth-order valence-electron chi connectivity index (χ4n) is 2.30. The van der Waals surface area contributed by atoms with Crippen molar-refractivity contribution in [1.29, 1.82) is 0 Å². The van der Waals surface area contributed by atoms with E-state index in [1.165, 1.54) is 16.4 Å². The maximum absolute atomic E-state index is 11.6. The van der Waals surface area contributed by atoms with Crippen molar-refractivity contribution in [2.75, 3.05) is 12.4 Å².